The SMILES string of the molecule is O=C(Oc1ccc(S(=O)(=O)CCN2CCC(Cc3ccccc3)[C@H](O)C2)cc1)c1cccc(CN2CCOCC2)c1. The number of sulfone groups is 1. The minimum Gasteiger partial charge on any atom is -0.423 e. The zero-order valence-corrected chi connectivity index (χ0v) is 24.0. The molecule has 3 aromatic carbocycles. The van der Waals surface area contributed by atoms with Crippen LogP contribution in [-0.2, 0) is 27.5 Å². The zero-order chi connectivity index (χ0) is 28.7. The number of hydrogen-bond acceptors (Lipinski definition) is 8. The maximum absolute atomic E-state index is 13.0. The Hall–Kier alpha value is -3.08. The Labute approximate surface area is 242 Å². The number of nitrogens with zero attached hydrogens (tertiary/aromatic N) is 2. The van der Waals surface area contributed by atoms with E-state index in [4.69, 9.17) is 9.47 Å². The fourth-order valence-corrected chi connectivity index (χ4v) is 6.75. The molecule has 9 heteroatoms. The predicted octanol–water partition coefficient (Wildman–Crippen LogP) is 3.44. The van der Waals surface area contributed by atoms with Crippen molar-refractivity contribution in [3.8, 4) is 5.75 Å². The topological polar surface area (TPSA) is 96.4 Å². The number of carbonyl (C=O) groups excluding carboxylic acids is 1. The molecule has 0 bridgehead atoms. The smallest absolute Gasteiger partial charge is 0.343 e. The van der Waals surface area contributed by atoms with E-state index in [0.29, 0.717) is 31.9 Å². The van der Waals surface area contributed by atoms with E-state index in [0.717, 1.165) is 44.6 Å². The lowest BCUT2D eigenvalue weighted by Gasteiger charge is -2.36. The number of aliphatic hydroxyl groups excluding tert-OH is 1. The highest BCUT2D eigenvalue weighted by atomic mass is 32.2. The van der Waals surface area contributed by atoms with Crippen molar-refractivity contribution in [1.82, 2.24) is 9.80 Å². The molecule has 1 N–H and O–H groups in total. The van der Waals surface area contributed by atoms with Gasteiger partial charge in [-0.05, 0) is 72.8 Å². The summed E-state index contributed by atoms with van der Waals surface area (Å²) in [6.07, 6.45) is 1.16. The van der Waals surface area contributed by atoms with Crippen LogP contribution in [0.5, 0.6) is 5.75 Å². The Bertz CT molecular complexity index is 1390. The van der Waals surface area contributed by atoms with Crippen LogP contribution in [0.25, 0.3) is 0 Å². The second-order valence-corrected chi connectivity index (χ2v) is 13.0. The van der Waals surface area contributed by atoms with Crippen LogP contribution in [0.4, 0.5) is 0 Å². The van der Waals surface area contributed by atoms with Crippen LogP contribution in [0.15, 0.2) is 83.8 Å². The van der Waals surface area contributed by atoms with Gasteiger partial charge in [-0.3, -0.25) is 9.80 Å². The third-order valence-electron chi connectivity index (χ3n) is 7.89. The lowest BCUT2D eigenvalue weighted by molar-refractivity contribution is 0.0245. The lowest BCUT2D eigenvalue weighted by Crippen LogP contribution is -2.46. The molecule has 0 radical (unpaired) electrons. The van der Waals surface area contributed by atoms with E-state index in [1.165, 1.54) is 29.8 Å². The fraction of sp³-hybridized carbons (Fsp3) is 0.406. The number of piperidine rings is 1. The second kappa shape index (κ2) is 13.7. The third-order valence-corrected chi connectivity index (χ3v) is 9.60. The first kappa shape index (κ1) is 29.4. The first-order chi connectivity index (χ1) is 19.9. The number of aliphatic hydroxyl groups is 1. The molecule has 5 rings (SSSR count). The molecule has 2 heterocycles. The van der Waals surface area contributed by atoms with Gasteiger partial charge in [-0.15, -0.1) is 0 Å². The summed E-state index contributed by atoms with van der Waals surface area (Å²) in [6, 6.07) is 23.5. The molecule has 2 fully saturated rings. The van der Waals surface area contributed by atoms with Gasteiger partial charge in [0.05, 0.1) is 35.5 Å². The largest absolute Gasteiger partial charge is 0.423 e. The van der Waals surface area contributed by atoms with Crippen molar-refractivity contribution in [3.05, 3.63) is 95.6 Å². The summed E-state index contributed by atoms with van der Waals surface area (Å²) in [7, 11) is -3.53. The zero-order valence-electron chi connectivity index (χ0n) is 23.2. The molecule has 41 heavy (non-hydrogen) atoms. The van der Waals surface area contributed by atoms with Gasteiger partial charge in [0.15, 0.2) is 9.84 Å². The minimum absolute atomic E-state index is 0.0435. The van der Waals surface area contributed by atoms with Crippen LogP contribution in [0.1, 0.15) is 27.9 Å². The molecule has 2 aliphatic heterocycles. The van der Waals surface area contributed by atoms with Crippen molar-refractivity contribution >= 4 is 15.8 Å². The monoisotopic (exact) mass is 578 g/mol. The molecule has 0 amide bonds. The lowest BCUT2D eigenvalue weighted by atomic mass is 9.88. The number of rotatable bonds is 10. The molecule has 2 saturated heterocycles. The first-order valence-electron chi connectivity index (χ1n) is 14.2. The number of ether oxygens (including phenoxy) is 2. The van der Waals surface area contributed by atoms with Crippen LogP contribution < -0.4 is 4.74 Å². The molecule has 218 valence electrons. The summed E-state index contributed by atoms with van der Waals surface area (Å²) in [5.74, 6) is -0.0689. The van der Waals surface area contributed by atoms with Gasteiger partial charge in [-0.1, -0.05) is 42.5 Å². The number of likely N-dealkylation sites (tertiary alicyclic amines) is 1. The van der Waals surface area contributed by atoms with E-state index < -0.39 is 21.9 Å². The van der Waals surface area contributed by atoms with Crippen molar-refractivity contribution in [3.63, 3.8) is 0 Å². The van der Waals surface area contributed by atoms with Crippen molar-refractivity contribution in [2.75, 3.05) is 51.7 Å². The van der Waals surface area contributed by atoms with Crippen LogP contribution >= 0.6 is 0 Å². The van der Waals surface area contributed by atoms with Crippen LogP contribution in [0, 0.1) is 5.92 Å². The average molecular weight is 579 g/mol. The molecule has 0 saturated carbocycles. The molecule has 0 aromatic heterocycles. The Balaban J connectivity index is 1.11. The summed E-state index contributed by atoms with van der Waals surface area (Å²) >= 11 is 0. The molecule has 8 nitrogen and oxygen atoms in total. The highest BCUT2D eigenvalue weighted by Crippen LogP contribution is 2.23. The molecule has 0 aliphatic carbocycles. The minimum atomic E-state index is -3.53. The van der Waals surface area contributed by atoms with Crippen molar-refractivity contribution in [2.24, 2.45) is 5.92 Å². The summed E-state index contributed by atoms with van der Waals surface area (Å²) in [6.45, 7) is 5.46. The quantitative estimate of drug-likeness (QED) is 0.289. The summed E-state index contributed by atoms with van der Waals surface area (Å²) < 4.78 is 36.9. The summed E-state index contributed by atoms with van der Waals surface area (Å²) in [5, 5.41) is 10.7. The number of esters is 1. The van der Waals surface area contributed by atoms with Gasteiger partial charge in [0.2, 0.25) is 0 Å². The van der Waals surface area contributed by atoms with Crippen LogP contribution in [0.3, 0.4) is 0 Å². The molecular formula is C32H38N2O6S. The molecule has 3 aromatic rings. The Morgan fingerprint density at radius 3 is 2.37 bits per heavy atom. The maximum atomic E-state index is 13.0. The van der Waals surface area contributed by atoms with Crippen molar-refractivity contribution in [2.45, 2.75) is 30.4 Å². The normalized spacial score (nSPS) is 20.5. The Morgan fingerprint density at radius 1 is 0.902 bits per heavy atom. The number of benzene rings is 3. The van der Waals surface area contributed by atoms with Gasteiger partial charge in [0, 0.05) is 32.7 Å². The summed E-state index contributed by atoms with van der Waals surface area (Å²) in [5.41, 5.74) is 2.68. The number of hydrogen-bond donors (Lipinski definition) is 1. The number of morpholine rings is 1. The fourth-order valence-electron chi connectivity index (χ4n) is 5.47. The predicted molar refractivity (Wildman–Crippen MR) is 157 cm³/mol. The van der Waals surface area contributed by atoms with E-state index in [1.54, 1.807) is 6.07 Å². The van der Waals surface area contributed by atoms with Crippen molar-refractivity contribution in [1.29, 1.82) is 0 Å². The third kappa shape index (κ3) is 8.24. The Kier molecular flexibility index (Phi) is 9.84. The number of carbonyl (C=O) groups is 1. The van der Waals surface area contributed by atoms with E-state index in [-0.39, 0.29) is 22.3 Å². The highest BCUT2D eigenvalue weighted by molar-refractivity contribution is 7.91. The molecule has 2 aliphatic rings. The second-order valence-electron chi connectivity index (χ2n) is 10.9. The van der Waals surface area contributed by atoms with E-state index in [2.05, 4.69) is 17.0 Å². The van der Waals surface area contributed by atoms with Crippen LogP contribution in [-0.4, -0.2) is 87.1 Å². The van der Waals surface area contributed by atoms with E-state index in [1.807, 2.05) is 41.3 Å². The average Bonchev–Trinajstić information content (AvgIpc) is 2.99. The summed E-state index contributed by atoms with van der Waals surface area (Å²) in [4.78, 5) is 17.3. The maximum Gasteiger partial charge on any atom is 0.343 e. The van der Waals surface area contributed by atoms with Crippen LogP contribution in [0.2, 0.25) is 0 Å². The number of β-amino-alcohol motifs (C(OH)–C–C–N with tert-alkyl or cyclic N) is 1. The van der Waals surface area contributed by atoms with E-state index >= 15 is 0 Å². The van der Waals surface area contributed by atoms with Gasteiger partial charge in [0.1, 0.15) is 5.75 Å². The molecule has 2 atom stereocenters. The van der Waals surface area contributed by atoms with Crippen molar-refractivity contribution < 1.29 is 27.8 Å². The Morgan fingerprint density at radius 2 is 1.63 bits per heavy atom. The first-order valence-corrected chi connectivity index (χ1v) is 15.9. The van der Waals surface area contributed by atoms with Gasteiger partial charge >= 0.3 is 5.97 Å². The molecular weight excluding hydrogens is 540 g/mol. The van der Waals surface area contributed by atoms with E-state index in [9.17, 15) is 18.3 Å². The van der Waals surface area contributed by atoms with Gasteiger partial charge in [-0.25, -0.2) is 13.2 Å². The molecule has 1 unspecified atom stereocenters. The highest BCUT2D eigenvalue weighted by Gasteiger charge is 2.28. The van der Waals surface area contributed by atoms with Gasteiger partial charge in [0.25, 0.3) is 0 Å². The van der Waals surface area contributed by atoms with Gasteiger partial charge < -0.3 is 14.6 Å². The molecule has 0 spiro atoms. The standard InChI is InChI=1S/C32H38N2O6S/c35-31-24-33(14-13-27(31)21-25-5-2-1-3-6-25)17-20-41(37,38)30-11-9-29(10-12-30)40-32(36)28-8-4-7-26(22-28)23-34-15-18-39-19-16-34/h1-12,22,27,31,35H,13-21,23-24H2/t27?,31-/m1/s1. The van der Waals surface area contributed by atoms with Gasteiger partial charge in [-0.2, -0.15) is 0 Å².